The van der Waals surface area contributed by atoms with Gasteiger partial charge in [0.15, 0.2) is 5.78 Å². The molecule has 0 N–H and O–H groups in total. The van der Waals surface area contributed by atoms with Crippen LogP contribution in [-0.2, 0) is 0 Å². The van der Waals surface area contributed by atoms with E-state index in [1.54, 1.807) is 17.4 Å². The van der Waals surface area contributed by atoms with Gasteiger partial charge in [0.1, 0.15) is 5.01 Å². The molecular formula is C17H13NOS2. The van der Waals surface area contributed by atoms with Crippen molar-refractivity contribution < 1.29 is 4.79 Å². The van der Waals surface area contributed by atoms with E-state index in [2.05, 4.69) is 4.98 Å². The molecule has 104 valence electrons. The Morgan fingerprint density at radius 2 is 1.95 bits per heavy atom. The molecule has 0 saturated heterocycles. The predicted octanol–water partition coefficient (Wildman–Crippen LogP) is 5.08. The number of carbonyl (C=O) groups is 1. The molecule has 2 nitrogen and oxygen atoms in total. The molecule has 2 heterocycles. The summed E-state index contributed by atoms with van der Waals surface area (Å²) >= 11 is 3.06. The molecule has 3 aromatic rings. The summed E-state index contributed by atoms with van der Waals surface area (Å²) in [5, 5.41) is 2.89. The first kappa shape index (κ1) is 13.9. The average Bonchev–Trinajstić information content (AvgIpc) is 3.15. The Labute approximate surface area is 131 Å². The lowest BCUT2D eigenvalue weighted by Gasteiger charge is -1.92. The van der Waals surface area contributed by atoms with Gasteiger partial charge in [-0.3, -0.25) is 4.79 Å². The minimum atomic E-state index is 0.0144. The molecule has 0 radical (unpaired) electrons. The van der Waals surface area contributed by atoms with Gasteiger partial charge in [0.05, 0.1) is 10.6 Å². The van der Waals surface area contributed by atoms with Crippen molar-refractivity contribution in [2.45, 2.75) is 6.92 Å². The second-order valence-electron chi connectivity index (χ2n) is 4.51. The molecule has 0 aliphatic heterocycles. The average molecular weight is 311 g/mol. The van der Waals surface area contributed by atoms with Crippen molar-refractivity contribution in [1.82, 2.24) is 4.98 Å². The molecule has 21 heavy (non-hydrogen) atoms. The summed E-state index contributed by atoms with van der Waals surface area (Å²) in [6.45, 7) is 1.88. The highest BCUT2D eigenvalue weighted by Gasteiger charge is 2.13. The highest BCUT2D eigenvalue weighted by molar-refractivity contribution is 7.17. The van der Waals surface area contributed by atoms with E-state index in [-0.39, 0.29) is 5.78 Å². The third-order valence-corrected chi connectivity index (χ3v) is 5.04. The maximum absolute atomic E-state index is 12.3. The van der Waals surface area contributed by atoms with Crippen LogP contribution in [0.2, 0.25) is 0 Å². The zero-order valence-corrected chi connectivity index (χ0v) is 13.1. The van der Waals surface area contributed by atoms with E-state index >= 15 is 0 Å². The molecule has 0 unspecified atom stereocenters. The molecule has 0 spiro atoms. The largest absolute Gasteiger partial charge is 0.288 e. The van der Waals surface area contributed by atoms with Crippen molar-refractivity contribution in [3.63, 3.8) is 0 Å². The number of carbonyl (C=O) groups excluding carboxylic acids is 1. The number of nitrogens with zero attached hydrogens (tertiary/aromatic N) is 1. The first-order valence-corrected chi connectivity index (χ1v) is 8.22. The Morgan fingerprint density at radius 1 is 1.14 bits per heavy atom. The maximum atomic E-state index is 12.3. The van der Waals surface area contributed by atoms with E-state index in [0.29, 0.717) is 4.88 Å². The molecular weight excluding hydrogens is 298 g/mol. The fourth-order valence-electron chi connectivity index (χ4n) is 1.95. The first-order valence-electron chi connectivity index (χ1n) is 6.53. The smallest absolute Gasteiger partial charge is 0.197 e. The van der Waals surface area contributed by atoms with Crippen molar-refractivity contribution in [2.75, 3.05) is 0 Å². The second kappa shape index (κ2) is 6.16. The summed E-state index contributed by atoms with van der Waals surface area (Å²) in [6, 6.07) is 13.9. The third-order valence-electron chi connectivity index (χ3n) is 2.98. The number of thiophene rings is 1. The lowest BCUT2D eigenvalue weighted by molar-refractivity contribution is 0.105. The fraction of sp³-hybridized carbons (Fsp3) is 0.0588. The van der Waals surface area contributed by atoms with Gasteiger partial charge in [-0.1, -0.05) is 36.4 Å². The summed E-state index contributed by atoms with van der Waals surface area (Å²) < 4.78 is 0. The van der Waals surface area contributed by atoms with E-state index in [1.165, 1.54) is 11.3 Å². The highest BCUT2D eigenvalue weighted by Crippen LogP contribution is 2.28. The fourth-order valence-corrected chi connectivity index (χ4v) is 3.56. The number of aromatic nitrogens is 1. The molecule has 1 aromatic carbocycles. The summed E-state index contributed by atoms with van der Waals surface area (Å²) in [7, 11) is 0. The monoisotopic (exact) mass is 311 g/mol. The number of rotatable bonds is 4. The van der Waals surface area contributed by atoms with Gasteiger partial charge in [0.25, 0.3) is 0 Å². The van der Waals surface area contributed by atoms with Crippen molar-refractivity contribution in [1.29, 1.82) is 0 Å². The summed E-state index contributed by atoms with van der Waals surface area (Å²) in [5.41, 5.74) is 1.84. The van der Waals surface area contributed by atoms with Crippen LogP contribution >= 0.6 is 22.7 Å². The number of thiazole rings is 1. The van der Waals surface area contributed by atoms with Crippen molar-refractivity contribution in [2.24, 2.45) is 0 Å². The highest BCUT2D eigenvalue weighted by atomic mass is 32.1. The van der Waals surface area contributed by atoms with Crippen molar-refractivity contribution in [3.8, 4) is 10.6 Å². The molecule has 0 aliphatic carbocycles. The normalized spacial score (nSPS) is 11.1. The van der Waals surface area contributed by atoms with Crippen LogP contribution in [-0.4, -0.2) is 10.8 Å². The third kappa shape index (κ3) is 3.17. The van der Waals surface area contributed by atoms with Gasteiger partial charge in [-0.25, -0.2) is 4.98 Å². The van der Waals surface area contributed by atoms with Gasteiger partial charge in [-0.2, -0.15) is 0 Å². The molecule has 2 aromatic heterocycles. The number of hydrogen-bond donors (Lipinski definition) is 0. The molecule has 0 aliphatic rings. The topological polar surface area (TPSA) is 30.0 Å². The Balaban J connectivity index is 1.86. The number of hydrogen-bond acceptors (Lipinski definition) is 4. The maximum Gasteiger partial charge on any atom is 0.197 e. The molecule has 0 saturated carbocycles. The van der Waals surface area contributed by atoms with Crippen molar-refractivity contribution in [3.05, 3.63) is 69.4 Å². The van der Waals surface area contributed by atoms with Crippen LogP contribution in [0.15, 0.2) is 53.9 Å². The summed E-state index contributed by atoms with van der Waals surface area (Å²) in [6.07, 6.45) is 3.48. The quantitative estimate of drug-likeness (QED) is 0.497. The van der Waals surface area contributed by atoms with Crippen LogP contribution in [0.1, 0.15) is 20.2 Å². The van der Waals surface area contributed by atoms with Crippen LogP contribution in [0.5, 0.6) is 0 Å². The Morgan fingerprint density at radius 3 is 2.67 bits per heavy atom. The van der Waals surface area contributed by atoms with Gasteiger partial charge in [0.2, 0.25) is 0 Å². The SMILES string of the molecule is Cc1nc(-c2ccccc2)sc1C(=O)/C=C/c1cccs1. The minimum absolute atomic E-state index is 0.0144. The standard InChI is InChI=1S/C17H13NOS2/c1-12-16(15(19)10-9-14-8-5-11-20-14)21-17(18-12)13-6-3-2-4-7-13/h2-11H,1H3/b10-9+. The number of ketones is 1. The summed E-state index contributed by atoms with van der Waals surface area (Å²) in [5.74, 6) is 0.0144. The van der Waals surface area contributed by atoms with E-state index < -0.39 is 0 Å². The van der Waals surface area contributed by atoms with E-state index in [0.717, 1.165) is 21.1 Å². The number of aryl methyl sites for hydroxylation is 1. The van der Waals surface area contributed by atoms with Gasteiger partial charge < -0.3 is 0 Å². The lowest BCUT2D eigenvalue weighted by atomic mass is 10.2. The van der Waals surface area contributed by atoms with E-state index in [4.69, 9.17) is 0 Å². The number of benzene rings is 1. The van der Waals surface area contributed by atoms with Gasteiger partial charge in [0, 0.05) is 10.4 Å². The number of allylic oxidation sites excluding steroid dienone is 1. The molecule has 0 fully saturated rings. The molecule has 0 atom stereocenters. The van der Waals surface area contributed by atoms with Crippen molar-refractivity contribution >= 4 is 34.5 Å². The molecule has 0 bridgehead atoms. The van der Waals surface area contributed by atoms with E-state index in [1.807, 2.05) is 60.8 Å². The Bertz CT molecular complexity index is 770. The van der Waals surface area contributed by atoms with Crippen LogP contribution in [0.4, 0.5) is 0 Å². The zero-order chi connectivity index (χ0) is 14.7. The van der Waals surface area contributed by atoms with Gasteiger partial charge in [-0.15, -0.1) is 22.7 Å². The van der Waals surface area contributed by atoms with Gasteiger partial charge >= 0.3 is 0 Å². The van der Waals surface area contributed by atoms with Crippen LogP contribution in [0, 0.1) is 6.92 Å². The van der Waals surface area contributed by atoms with E-state index in [9.17, 15) is 4.79 Å². The predicted molar refractivity (Wildman–Crippen MR) is 90.0 cm³/mol. The summed E-state index contributed by atoms with van der Waals surface area (Å²) in [4.78, 5) is 18.6. The zero-order valence-electron chi connectivity index (χ0n) is 11.4. The van der Waals surface area contributed by atoms with Crippen LogP contribution in [0.3, 0.4) is 0 Å². The Kier molecular flexibility index (Phi) is 4.08. The first-order chi connectivity index (χ1) is 10.2. The Hall–Kier alpha value is -2.04. The minimum Gasteiger partial charge on any atom is -0.288 e. The molecule has 3 rings (SSSR count). The second-order valence-corrected chi connectivity index (χ2v) is 6.49. The molecule has 0 amide bonds. The molecule has 4 heteroatoms. The van der Waals surface area contributed by atoms with Gasteiger partial charge in [-0.05, 0) is 30.5 Å². The van der Waals surface area contributed by atoms with Crippen LogP contribution < -0.4 is 0 Å². The van der Waals surface area contributed by atoms with Crippen LogP contribution in [0.25, 0.3) is 16.6 Å². The lowest BCUT2D eigenvalue weighted by Crippen LogP contribution is -1.92.